The molecule has 2 amide bonds. The molecule has 0 unspecified atom stereocenters. The third kappa shape index (κ3) is 9.13. The molecule has 8 nitrogen and oxygen atoms in total. The van der Waals surface area contributed by atoms with Crippen molar-refractivity contribution in [3.8, 4) is 17.9 Å². The average Bonchev–Trinajstić information content (AvgIpc) is 2.91. The molecule has 0 fully saturated rings. The summed E-state index contributed by atoms with van der Waals surface area (Å²) in [7, 11) is 0. The number of hydrogen-bond donors (Lipinski definition) is 2. The van der Waals surface area contributed by atoms with Crippen LogP contribution in [0.3, 0.4) is 0 Å². The minimum Gasteiger partial charge on any atom is -0.444 e. The maximum Gasteiger partial charge on any atom is 0.412 e. The zero-order valence-corrected chi connectivity index (χ0v) is 23.0. The Morgan fingerprint density at radius 2 is 1.57 bits per heavy atom. The van der Waals surface area contributed by atoms with Crippen LogP contribution in [0.1, 0.15) is 66.7 Å². The molecule has 0 saturated heterocycles. The summed E-state index contributed by atoms with van der Waals surface area (Å²) in [5, 5.41) is 14.5. The van der Waals surface area contributed by atoms with E-state index in [0.717, 1.165) is 5.56 Å². The highest BCUT2D eigenvalue weighted by atomic mass is 16.6. The van der Waals surface area contributed by atoms with Gasteiger partial charge in [-0.15, -0.1) is 0 Å². The number of carbonyl (C=O) groups excluding carboxylic acids is 3. The van der Waals surface area contributed by atoms with E-state index < -0.39 is 29.8 Å². The van der Waals surface area contributed by atoms with E-state index >= 15 is 0 Å². The third-order valence-corrected chi connectivity index (χ3v) is 5.36. The summed E-state index contributed by atoms with van der Waals surface area (Å²) in [6.45, 7) is 7.78. The zero-order chi connectivity index (χ0) is 29.1. The monoisotopic (exact) mass is 537 g/mol. The normalized spacial score (nSPS) is 10.5. The van der Waals surface area contributed by atoms with Crippen LogP contribution >= 0.6 is 0 Å². The Bertz CT molecular complexity index is 1490. The number of Topliss-reactive ketones (excluding diaryl/α,β-unsaturated/α-hetero) is 1. The second kappa shape index (κ2) is 13.7. The molecule has 0 radical (unpaired) electrons. The number of nitriles is 1. The van der Waals surface area contributed by atoms with Gasteiger partial charge in [-0.1, -0.05) is 42.2 Å². The topological polar surface area (TPSA) is 118 Å². The van der Waals surface area contributed by atoms with Crippen molar-refractivity contribution >= 4 is 29.2 Å². The Labute approximate surface area is 234 Å². The van der Waals surface area contributed by atoms with Crippen LogP contribution in [0, 0.1) is 23.2 Å². The first-order valence-corrected chi connectivity index (χ1v) is 12.7. The smallest absolute Gasteiger partial charge is 0.412 e. The van der Waals surface area contributed by atoms with Crippen molar-refractivity contribution in [3.63, 3.8) is 0 Å². The number of hydrogen-bond acceptors (Lipinski definition) is 6. The zero-order valence-electron chi connectivity index (χ0n) is 23.0. The summed E-state index contributed by atoms with van der Waals surface area (Å²) in [6.07, 6.45) is -1.18. The van der Waals surface area contributed by atoms with Gasteiger partial charge in [0.05, 0.1) is 36.0 Å². The molecule has 0 aliphatic rings. The second-order valence-electron chi connectivity index (χ2n) is 9.78. The standard InChI is InChI=1S/C32H31N3O5/c1-5-39-21-26-18-28(35-31(38)40-32(2,3)4)27(17-24(26)15-14-22-10-7-6-8-11-22)34-30(37)19-29(36)25-13-9-12-23(16-25)20-33/h6-13,16-18H,5,19,21H2,1-4H3,(H,34,37)(H,35,38). The fourth-order valence-corrected chi connectivity index (χ4v) is 3.58. The Morgan fingerprint density at radius 3 is 2.25 bits per heavy atom. The summed E-state index contributed by atoms with van der Waals surface area (Å²) < 4.78 is 11.0. The first kappa shape index (κ1) is 29.6. The van der Waals surface area contributed by atoms with Gasteiger partial charge in [0, 0.05) is 23.3 Å². The van der Waals surface area contributed by atoms with Gasteiger partial charge < -0.3 is 14.8 Å². The van der Waals surface area contributed by atoms with Crippen LogP contribution in [-0.4, -0.2) is 30.0 Å². The number of ether oxygens (including phenoxy) is 2. The van der Waals surface area contributed by atoms with Crippen LogP contribution in [-0.2, 0) is 20.9 Å². The van der Waals surface area contributed by atoms with Crippen LogP contribution in [0.15, 0.2) is 66.7 Å². The van der Waals surface area contributed by atoms with E-state index in [0.29, 0.717) is 23.3 Å². The predicted molar refractivity (Wildman–Crippen MR) is 153 cm³/mol. The number of anilines is 2. The summed E-state index contributed by atoms with van der Waals surface area (Å²) in [4.78, 5) is 38.3. The highest BCUT2D eigenvalue weighted by molar-refractivity contribution is 6.12. The van der Waals surface area contributed by atoms with Crippen molar-refractivity contribution < 1.29 is 23.9 Å². The van der Waals surface area contributed by atoms with E-state index in [1.165, 1.54) is 6.07 Å². The van der Waals surface area contributed by atoms with E-state index in [1.54, 1.807) is 51.1 Å². The number of nitrogens with one attached hydrogen (secondary N) is 2. The Hall–Kier alpha value is -4.92. The van der Waals surface area contributed by atoms with Gasteiger partial charge in [0.2, 0.25) is 5.91 Å². The van der Waals surface area contributed by atoms with Gasteiger partial charge in [0.1, 0.15) is 5.60 Å². The molecule has 204 valence electrons. The van der Waals surface area contributed by atoms with Crippen LogP contribution in [0.25, 0.3) is 0 Å². The molecule has 0 aromatic heterocycles. The van der Waals surface area contributed by atoms with Gasteiger partial charge in [-0.25, -0.2) is 4.79 Å². The van der Waals surface area contributed by atoms with Crippen molar-refractivity contribution in [1.82, 2.24) is 0 Å². The molecular weight excluding hydrogens is 506 g/mol. The molecule has 2 N–H and O–H groups in total. The van der Waals surface area contributed by atoms with Crippen LogP contribution in [0.4, 0.5) is 16.2 Å². The fourth-order valence-electron chi connectivity index (χ4n) is 3.58. The van der Waals surface area contributed by atoms with E-state index in [4.69, 9.17) is 14.7 Å². The number of amides is 2. The summed E-state index contributed by atoms with van der Waals surface area (Å²) in [5.41, 5.74) is 2.41. The number of benzene rings is 3. The fraction of sp³-hybridized carbons (Fsp3) is 0.250. The van der Waals surface area contributed by atoms with Crippen molar-refractivity contribution in [2.24, 2.45) is 0 Å². The minimum atomic E-state index is -0.743. The maximum absolute atomic E-state index is 13.0. The van der Waals surface area contributed by atoms with E-state index in [1.807, 2.05) is 43.3 Å². The second-order valence-corrected chi connectivity index (χ2v) is 9.78. The molecule has 0 bridgehead atoms. The van der Waals surface area contributed by atoms with Gasteiger partial charge in [0.25, 0.3) is 0 Å². The van der Waals surface area contributed by atoms with Crippen molar-refractivity contribution in [2.45, 2.75) is 46.3 Å². The first-order chi connectivity index (χ1) is 19.1. The molecule has 0 heterocycles. The lowest BCUT2D eigenvalue weighted by Crippen LogP contribution is -2.28. The SMILES string of the molecule is CCOCc1cc(NC(=O)OC(C)(C)C)c(NC(=O)CC(=O)c2cccc(C#N)c2)cc1C#Cc1ccccc1. The first-order valence-electron chi connectivity index (χ1n) is 12.7. The number of carbonyl (C=O) groups is 3. The molecule has 0 aliphatic carbocycles. The number of nitrogens with zero attached hydrogens (tertiary/aromatic N) is 1. The maximum atomic E-state index is 13.0. The van der Waals surface area contributed by atoms with Gasteiger partial charge in [-0.2, -0.15) is 5.26 Å². The van der Waals surface area contributed by atoms with Crippen LogP contribution < -0.4 is 10.6 Å². The lowest BCUT2D eigenvalue weighted by molar-refractivity contribution is -0.115. The molecule has 8 heteroatoms. The molecule has 0 spiro atoms. The van der Waals surface area contributed by atoms with Gasteiger partial charge in [-0.3, -0.25) is 14.9 Å². The van der Waals surface area contributed by atoms with Gasteiger partial charge in [0.15, 0.2) is 5.78 Å². The highest BCUT2D eigenvalue weighted by Crippen LogP contribution is 2.28. The van der Waals surface area contributed by atoms with Gasteiger partial charge in [-0.05, 0) is 69.7 Å². The molecule has 3 aromatic carbocycles. The van der Waals surface area contributed by atoms with Crippen LogP contribution in [0.2, 0.25) is 0 Å². The summed E-state index contributed by atoms with van der Waals surface area (Å²) >= 11 is 0. The lowest BCUT2D eigenvalue weighted by Gasteiger charge is -2.21. The molecule has 0 aliphatic heterocycles. The Balaban J connectivity index is 1.97. The Morgan fingerprint density at radius 1 is 0.875 bits per heavy atom. The lowest BCUT2D eigenvalue weighted by atomic mass is 10.0. The minimum absolute atomic E-state index is 0.222. The Kier molecular flexibility index (Phi) is 10.2. The molecule has 40 heavy (non-hydrogen) atoms. The molecule has 0 atom stereocenters. The third-order valence-electron chi connectivity index (χ3n) is 5.36. The average molecular weight is 538 g/mol. The quantitative estimate of drug-likeness (QED) is 0.205. The van der Waals surface area contributed by atoms with E-state index in [2.05, 4.69) is 22.5 Å². The highest BCUT2D eigenvalue weighted by Gasteiger charge is 2.20. The van der Waals surface area contributed by atoms with E-state index in [-0.39, 0.29) is 23.5 Å². The van der Waals surface area contributed by atoms with Crippen molar-refractivity contribution in [3.05, 3.63) is 94.5 Å². The van der Waals surface area contributed by atoms with Crippen molar-refractivity contribution in [1.29, 1.82) is 5.26 Å². The largest absolute Gasteiger partial charge is 0.444 e. The molecule has 3 aromatic rings. The molecule has 0 saturated carbocycles. The number of ketones is 1. The summed E-state index contributed by atoms with van der Waals surface area (Å²) in [6, 6.07) is 20.8. The van der Waals surface area contributed by atoms with Crippen molar-refractivity contribution in [2.75, 3.05) is 17.2 Å². The number of rotatable bonds is 8. The molecular formula is C32H31N3O5. The summed E-state index contributed by atoms with van der Waals surface area (Å²) in [5.74, 6) is 5.18. The van der Waals surface area contributed by atoms with Gasteiger partial charge >= 0.3 is 6.09 Å². The molecule has 3 rings (SSSR count). The van der Waals surface area contributed by atoms with Crippen LogP contribution in [0.5, 0.6) is 0 Å². The predicted octanol–water partition coefficient (Wildman–Crippen LogP) is 6.05. The van der Waals surface area contributed by atoms with E-state index in [9.17, 15) is 14.4 Å².